The maximum atomic E-state index is 13.9. The van der Waals surface area contributed by atoms with E-state index in [0.29, 0.717) is 42.5 Å². The molecule has 3 aromatic rings. The van der Waals surface area contributed by atoms with Gasteiger partial charge in [-0.05, 0) is 6.07 Å². The van der Waals surface area contributed by atoms with Crippen molar-refractivity contribution < 1.29 is 18.3 Å². The van der Waals surface area contributed by atoms with Crippen molar-refractivity contribution in [3.05, 3.63) is 59.6 Å². The van der Waals surface area contributed by atoms with Crippen LogP contribution in [0.1, 0.15) is 11.3 Å². The first kappa shape index (κ1) is 18.1. The molecule has 0 N–H and O–H groups in total. The van der Waals surface area contributed by atoms with Gasteiger partial charge in [0.15, 0.2) is 17.4 Å². The van der Waals surface area contributed by atoms with E-state index in [1.54, 1.807) is 31.6 Å². The van der Waals surface area contributed by atoms with Gasteiger partial charge in [0.05, 0.1) is 19.9 Å². The summed E-state index contributed by atoms with van der Waals surface area (Å²) in [4.78, 5) is 15.3. The lowest BCUT2D eigenvalue weighted by molar-refractivity contribution is 0.372. The van der Waals surface area contributed by atoms with Crippen molar-refractivity contribution in [2.45, 2.75) is 13.0 Å². The van der Waals surface area contributed by atoms with Crippen LogP contribution >= 0.6 is 0 Å². The Morgan fingerprint density at radius 1 is 1.07 bits per heavy atom. The molecular formula is C20H18F2N4O2. The number of benzene rings is 1. The van der Waals surface area contributed by atoms with E-state index in [9.17, 15) is 8.78 Å². The van der Waals surface area contributed by atoms with Crippen LogP contribution in [0.4, 0.5) is 14.5 Å². The monoisotopic (exact) mass is 384 g/mol. The Kier molecular flexibility index (Phi) is 4.77. The molecule has 0 saturated heterocycles. The number of anilines is 1. The third kappa shape index (κ3) is 3.33. The highest BCUT2D eigenvalue weighted by Gasteiger charge is 2.22. The molecular weight excluding hydrogens is 366 g/mol. The van der Waals surface area contributed by atoms with Gasteiger partial charge in [-0.1, -0.05) is 0 Å². The Bertz CT molecular complexity index is 1030. The Hall–Kier alpha value is -3.29. The van der Waals surface area contributed by atoms with Gasteiger partial charge in [0.1, 0.15) is 11.4 Å². The summed E-state index contributed by atoms with van der Waals surface area (Å²) < 4.78 is 37.7. The number of methoxy groups -OCH3 is 2. The zero-order chi connectivity index (χ0) is 19.7. The van der Waals surface area contributed by atoms with Crippen molar-refractivity contribution in [3.8, 4) is 23.0 Å². The summed E-state index contributed by atoms with van der Waals surface area (Å²) in [5.41, 5.74) is 3.04. The molecule has 0 saturated carbocycles. The SMILES string of the molecule is COc1ccnc(-c2ncc3c(n2)CCN(c2cc(F)c(F)c(OC)c2)C3)c1. The molecule has 144 valence electrons. The molecule has 0 bridgehead atoms. The number of hydrogen-bond donors (Lipinski definition) is 0. The van der Waals surface area contributed by atoms with Crippen LogP contribution in [0.3, 0.4) is 0 Å². The molecule has 1 aliphatic heterocycles. The predicted octanol–water partition coefficient (Wildman–Crippen LogP) is 3.40. The van der Waals surface area contributed by atoms with Gasteiger partial charge >= 0.3 is 0 Å². The number of ether oxygens (including phenoxy) is 2. The van der Waals surface area contributed by atoms with E-state index < -0.39 is 11.6 Å². The number of nitrogens with zero attached hydrogens (tertiary/aromatic N) is 4. The summed E-state index contributed by atoms with van der Waals surface area (Å²) in [6.45, 7) is 1.11. The molecule has 0 radical (unpaired) electrons. The average Bonchev–Trinajstić information content (AvgIpc) is 2.74. The van der Waals surface area contributed by atoms with Crippen molar-refractivity contribution in [1.82, 2.24) is 15.0 Å². The molecule has 2 aromatic heterocycles. The van der Waals surface area contributed by atoms with E-state index in [0.717, 1.165) is 11.3 Å². The van der Waals surface area contributed by atoms with E-state index in [-0.39, 0.29) is 5.75 Å². The van der Waals surface area contributed by atoms with Crippen molar-refractivity contribution in [3.63, 3.8) is 0 Å². The number of hydrogen-bond acceptors (Lipinski definition) is 6. The highest BCUT2D eigenvalue weighted by molar-refractivity contribution is 5.55. The number of halogens is 2. The third-order valence-corrected chi connectivity index (χ3v) is 4.69. The van der Waals surface area contributed by atoms with Crippen LogP contribution in [-0.2, 0) is 13.0 Å². The van der Waals surface area contributed by atoms with Gasteiger partial charge < -0.3 is 14.4 Å². The summed E-state index contributed by atoms with van der Waals surface area (Å²) in [5.74, 6) is -0.819. The molecule has 0 fully saturated rings. The average molecular weight is 384 g/mol. The molecule has 3 heterocycles. The van der Waals surface area contributed by atoms with Gasteiger partial charge in [-0.15, -0.1) is 0 Å². The fraction of sp³-hybridized carbons (Fsp3) is 0.250. The van der Waals surface area contributed by atoms with E-state index in [1.807, 2.05) is 4.90 Å². The highest BCUT2D eigenvalue weighted by Crippen LogP contribution is 2.30. The molecule has 28 heavy (non-hydrogen) atoms. The highest BCUT2D eigenvalue weighted by atomic mass is 19.2. The summed E-state index contributed by atoms with van der Waals surface area (Å²) in [7, 11) is 2.91. The summed E-state index contributed by atoms with van der Waals surface area (Å²) >= 11 is 0. The van der Waals surface area contributed by atoms with Crippen LogP contribution in [-0.4, -0.2) is 35.7 Å². The van der Waals surface area contributed by atoms with Crippen LogP contribution in [0.15, 0.2) is 36.7 Å². The minimum atomic E-state index is -0.984. The van der Waals surface area contributed by atoms with Gasteiger partial charge in [-0.2, -0.15) is 4.39 Å². The van der Waals surface area contributed by atoms with E-state index >= 15 is 0 Å². The first-order valence-electron chi connectivity index (χ1n) is 8.72. The van der Waals surface area contributed by atoms with Crippen molar-refractivity contribution in [2.75, 3.05) is 25.7 Å². The van der Waals surface area contributed by atoms with E-state index in [4.69, 9.17) is 9.47 Å². The second-order valence-electron chi connectivity index (χ2n) is 6.36. The fourth-order valence-corrected chi connectivity index (χ4v) is 3.20. The molecule has 1 aliphatic rings. The Balaban J connectivity index is 1.61. The van der Waals surface area contributed by atoms with Crippen LogP contribution in [0.2, 0.25) is 0 Å². The fourth-order valence-electron chi connectivity index (χ4n) is 3.20. The minimum absolute atomic E-state index is 0.114. The van der Waals surface area contributed by atoms with Gasteiger partial charge in [0, 0.05) is 61.4 Å². The minimum Gasteiger partial charge on any atom is -0.497 e. The lowest BCUT2D eigenvalue weighted by Crippen LogP contribution is -2.31. The first-order chi connectivity index (χ1) is 13.6. The van der Waals surface area contributed by atoms with Gasteiger partial charge in [-0.25, -0.2) is 14.4 Å². The molecule has 0 atom stereocenters. The lowest BCUT2D eigenvalue weighted by atomic mass is 10.1. The maximum Gasteiger partial charge on any atom is 0.200 e. The topological polar surface area (TPSA) is 60.4 Å². The van der Waals surface area contributed by atoms with Gasteiger partial charge in [0.25, 0.3) is 0 Å². The van der Waals surface area contributed by atoms with E-state index in [2.05, 4.69) is 15.0 Å². The molecule has 0 amide bonds. The summed E-state index contributed by atoms with van der Waals surface area (Å²) in [6, 6.07) is 6.22. The number of rotatable bonds is 4. The van der Waals surface area contributed by atoms with Crippen LogP contribution in [0, 0.1) is 11.6 Å². The summed E-state index contributed by atoms with van der Waals surface area (Å²) in [6.07, 6.45) is 4.05. The normalized spacial score (nSPS) is 13.2. The molecule has 0 unspecified atom stereocenters. The number of pyridine rings is 1. The number of aromatic nitrogens is 3. The molecule has 8 heteroatoms. The second-order valence-corrected chi connectivity index (χ2v) is 6.36. The lowest BCUT2D eigenvalue weighted by Gasteiger charge is -2.30. The molecule has 6 nitrogen and oxygen atoms in total. The van der Waals surface area contributed by atoms with Crippen molar-refractivity contribution in [2.24, 2.45) is 0 Å². The van der Waals surface area contributed by atoms with Gasteiger partial charge in [-0.3, -0.25) is 4.98 Å². The van der Waals surface area contributed by atoms with Gasteiger partial charge in [0.2, 0.25) is 5.82 Å². The third-order valence-electron chi connectivity index (χ3n) is 4.69. The smallest absolute Gasteiger partial charge is 0.200 e. The van der Waals surface area contributed by atoms with Crippen LogP contribution < -0.4 is 14.4 Å². The molecule has 4 rings (SSSR count). The van der Waals surface area contributed by atoms with E-state index in [1.165, 1.54) is 19.2 Å². The largest absolute Gasteiger partial charge is 0.497 e. The zero-order valence-electron chi connectivity index (χ0n) is 15.4. The summed E-state index contributed by atoms with van der Waals surface area (Å²) in [5, 5.41) is 0. The van der Waals surface area contributed by atoms with Crippen molar-refractivity contribution in [1.29, 1.82) is 0 Å². The quantitative estimate of drug-likeness (QED) is 0.687. The van der Waals surface area contributed by atoms with Crippen molar-refractivity contribution >= 4 is 5.69 Å². The standard InChI is InChI=1S/C20H18F2N4O2/c1-27-14-3-5-23-17(9-14)20-24-10-12-11-26(6-4-16(12)25-20)13-7-15(21)19(22)18(8-13)28-2/h3,5,7-10H,4,6,11H2,1-2H3. The molecule has 0 spiro atoms. The maximum absolute atomic E-state index is 13.9. The second kappa shape index (κ2) is 7.38. The number of fused-ring (bicyclic) bond motifs is 1. The predicted molar refractivity (Wildman–Crippen MR) is 99.5 cm³/mol. The zero-order valence-corrected chi connectivity index (χ0v) is 15.4. The molecule has 1 aromatic carbocycles. The molecule has 0 aliphatic carbocycles. The van der Waals surface area contributed by atoms with Crippen LogP contribution in [0.25, 0.3) is 11.5 Å². The first-order valence-corrected chi connectivity index (χ1v) is 8.72. The Morgan fingerprint density at radius 3 is 2.71 bits per heavy atom. The Labute approximate surface area is 160 Å². The Morgan fingerprint density at radius 2 is 1.93 bits per heavy atom. The van der Waals surface area contributed by atoms with Crippen LogP contribution in [0.5, 0.6) is 11.5 Å².